The molecule has 0 spiro atoms. The molecule has 0 N–H and O–H groups in total. The molecule has 0 aromatic heterocycles. The van der Waals surface area contributed by atoms with Crippen molar-refractivity contribution < 1.29 is 28.7 Å². The van der Waals surface area contributed by atoms with E-state index in [0.717, 1.165) is 0 Å². The Kier molecular flexibility index (Phi) is 2.30. The third-order valence-electron chi connectivity index (χ3n) is 4.32. The summed E-state index contributed by atoms with van der Waals surface area (Å²) in [4.78, 5) is 46.5. The van der Waals surface area contributed by atoms with Crippen LogP contribution in [0.1, 0.15) is 19.8 Å². The first-order valence-corrected chi connectivity index (χ1v) is 6.05. The molecule has 5 atom stereocenters. The van der Waals surface area contributed by atoms with Crippen molar-refractivity contribution in [3.8, 4) is 0 Å². The van der Waals surface area contributed by atoms with Crippen LogP contribution in [0.5, 0.6) is 0 Å². The molecule has 2 aliphatic heterocycles. The highest BCUT2D eigenvalue weighted by atomic mass is 16.6. The average Bonchev–Trinajstić information content (AvgIpc) is 2.77. The molecule has 0 aromatic rings. The van der Waals surface area contributed by atoms with E-state index >= 15 is 0 Å². The lowest BCUT2D eigenvalue weighted by molar-refractivity contribution is -0.154. The van der Waals surface area contributed by atoms with Crippen LogP contribution in [0.15, 0.2) is 0 Å². The fourth-order valence-corrected chi connectivity index (χ4v) is 3.54. The predicted octanol–water partition coefficient (Wildman–Crippen LogP) is 0.0479. The maximum absolute atomic E-state index is 11.7. The molecule has 0 radical (unpaired) electrons. The average molecular weight is 252 g/mol. The summed E-state index contributed by atoms with van der Waals surface area (Å²) >= 11 is 0. The van der Waals surface area contributed by atoms with Crippen LogP contribution in [0.3, 0.4) is 0 Å². The van der Waals surface area contributed by atoms with Gasteiger partial charge in [-0.05, 0) is 12.3 Å². The molecule has 1 saturated carbocycles. The van der Waals surface area contributed by atoms with Gasteiger partial charge in [0.15, 0.2) is 0 Å². The molecular formula is C12H12O6. The van der Waals surface area contributed by atoms with E-state index in [-0.39, 0.29) is 12.3 Å². The number of rotatable bonds is 1. The van der Waals surface area contributed by atoms with Crippen LogP contribution >= 0.6 is 0 Å². The second kappa shape index (κ2) is 3.63. The Labute approximate surface area is 103 Å². The first-order valence-electron chi connectivity index (χ1n) is 6.05. The van der Waals surface area contributed by atoms with Gasteiger partial charge in [0.05, 0.1) is 23.7 Å². The summed E-state index contributed by atoms with van der Waals surface area (Å²) in [5, 5.41) is 0. The normalized spacial score (nSPS) is 42.4. The van der Waals surface area contributed by atoms with Gasteiger partial charge in [0, 0.05) is 0 Å². The Morgan fingerprint density at radius 1 is 0.889 bits per heavy atom. The van der Waals surface area contributed by atoms with Crippen molar-refractivity contribution in [1.82, 2.24) is 0 Å². The molecule has 18 heavy (non-hydrogen) atoms. The molecule has 6 heteroatoms. The molecule has 4 unspecified atom stereocenters. The summed E-state index contributed by atoms with van der Waals surface area (Å²) < 4.78 is 9.27. The Hall–Kier alpha value is -1.72. The van der Waals surface area contributed by atoms with Gasteiger partial charge in [-0.3, -0.25) is 19.2 Å². The van der Waals surface area contributed by atoms with Gasteiger partial charge in [-0.15, -0.1) is 0 Å². The van der Waals surface area contributed by atoms with Crippen molar-refractivity contribution in [2.75, 3.05) is 0 Å². The van der Waals surface area contributed by atoms with Crippen LogP contribution < -0.4 is 0 Å². The van der Waals surface area contributed by atoms with Gasteiger partial charge < -0.3 is 9.47 Å². The molecule has 2 heterocycles. The molecule has 2 saturated heterocycles. The maximum Gasteiger partial charge on any atom is 0.317 e. The van der Waals surface area contributed by atoms with Gasteiger partial charge in [-0.2, -0.15) is 0 Å². The SMILES string of the molecule is CCC1C2C(=O)OC(=O)C2C[C@H]2C(=O)OC(=O)C12. The third-order valence-corrected chi connectivity index (χ3v) is 4.32. The zero-order chi connectivity index (χ0) is 13.0. The Morgan fingerprint density at radius 2 is 1.33 bits per heavy atom. The van der Waals surface area contributed by atoms with Crippen LogP contribution in [0, 0.1) is 29.6 Å². The number of hydrogen-bond donors (Lipinski definition) is 0. The summed E-state index contributed by atoms with van der Waals surface area (Å²) in [5.41, 5.74) is 0. The topological polar surface area (TPSA) is 86.7 Å². The minimum absolute atomic E-state index is 0.182. The van der Waals surface area contributed by atoms with Crippen LogP contribution in [-0.2, 0) is 28.7 Å². The number of fused-ring (bicyclic) bond motifs is 2. The molecular weight excluding hydrogens is 240 g/mol. The maximum atomic E-state index is 11.7. The van der Waals surface area contributed by atoms with Crippen molar-refractivity contribution >= 4 is 23.9 Å². The van der Waals surface area contributed by atoms with Crippen LogP contribution in [-0.4, -0.2) is 23.9 Å². The van der Waals surface area contributed by atoms with Gasteiger partial charge in [-0.25, -0.2) is 0 Å². The van der Waals surface area contributed by atoms with Crippen molar-refractivity contribution in [3.05, 3.63) is 0 Å². The molecule has 96 valence electrons. The number of cyclic esters (lactones) is 4. The highest BCUT2D eigenvalue weighted by Gasteiger charge is 2.62. The molecule has 1 aliphatic carbocycles. The van der Waals surface area contributed by atoms with E-state index in [0.29, 0.717) is 6.42 Å². The van der Waals surface area contributed by atoms with Crippen LogP contribution in [0.2, 0.25) is 0 Å². The number of ether oxygens (including phenoxy) is 2. The first kappa shape index (κ1) is 11.4. The summed E-state index contributed by atoms with van der Waals surface area (Å²) in [6.45, 7) is 1.83. The minimum atomic E-state index is -0.595. The lowest BCUT2D eigenvalue weighted by Crippen LogP contribution is -2.42. The standard InChI is InChI=1S/C12H12O6/c1-2-4-7-5(9(13)17-11(7)15)3-6-8(4)12(16)18-10(6)14/h4-8H,2-3H2,1H3/t4?,5-,6?,7?,8?/m1/s1. The van der Waals surface area contributed by atoms with Crippen molar-refractivity contribution in [3.63, 3.8) is 0 Å². The quantitative estimate of drug-likeness (QED) is 0.484. The largest absolute Gasteiger partial charge is 0.393 e. The number of carbonyl (C=O) groups is 4. The first-order chi connectivity index (χ1) is 8.54. The van der Waals surface area contributed by atoms with E-state index in [9.17, 15) is 19.2 Å². The minimum Gasteiger partial charge on any atom is -0.393 e. The van der Waals surface area contributed by atoms with E-state index in [4.69, 9.17) is 0 Å². The van der Waals surface area contributed by atoms with Gasteiger partial charge >= 0.3 is 23.9 Å². The van der Waals surface area contributed by atoms with Gasteiger partial charge in [0.2, 0.25) is 0 Å². The van der Waals surface area contributed by atoms with Gasteiger partial charge in [0.1, 0.15) is 0 Å². The van der Waals surface area contributed by atoms with E-state index < -0.39 is 47.5 Å². The fraction of sp³-hybridized carbons (Fsp3) is 0.667. The monoisotopic (exact) mass is 252 g/mol. The summed E-state index contributed by atoms with van der Waals surface area (Å²) in [5.74, 6) is -5.01. The van der Waals surface area contributed by atoms with Crippen molar-refractivity contribution in [2.24, 2.45) is 29.6 Å². The lowest BCUT2D eigenvalue weighted by atomic mass is 9.62. The summed E-state index contributed by atoms with van der Waals surface area (Å²) in [7, 11) is 0. The lowest BCUT2D eigenvalue weighted by Gasteiger charge is -2.34. The second-order valence-electron chi connectivity index (χ2n) is 5.05. The highest BCUT2D eigenvalue weighted by Crippen LogP contribution is 2.50. The second-order valence-corrected chi connectivity index (χ2v) is 5.05. The molecule has 0 bridgehead atoms. The zero-order valence-corrected chi connectivity index (χ0v) is 9.75. The molecule has 0 amide bonds. The third kappa shape index (κ3) is 1.28. The van der Waals surface area contributed by atoms with E-state index in [1.54, 1.807) is 0 Å². The highest BCUT2D eigenvalue weighted by molar-refractivity contribution is 6.01. The van der Waals surface area contributed by atoms with Crippen LogP contribution in [0.4, 0.5) is 0 Å². The summed E-state index contributed by atoms with van der Waals surface area (Å²) in [6, 6.07) is 0. The molecule has 6 nitrogen and oxygen atoms in total. The summed E-state index contributed by atoms with van der Waals surface area (Å²) in [6.07, 6.45) is 0.716. The van der Waals surface area contributed by atoms with E-state index in [1.165, 1.54) is 0 Å². The Balaban J connectivity index is 2.02. The zero-order valence-electron chi connectivity index (χ0n) is 9.75. The Bertz CT molecular complexity index is 427. The number of carbonyl (C=O) groups excluding carboxylic acids is 4. The van der Waals surface area contributed by atoms with E-state index in [2.05, 4.69) is 9.47 Å². The molecule has 3 aliphatic rings. The van der Waals surface area contributed by atoms with Gasteiger partial charge in [0.25, 0.3) is 0 Å². The van der Waals surface area contributed by atoms with Gasteiger partial charge in [-0.1, -0.05) is 13.3 Å². The number of esters is 4. The molecule has 3 fully saturated rings. The van der Waals surface area contributed by atoms with Crippen molar-refractivity contribution in [2.45, 2.75) is 19.8 Å². The molecule has 3 rings (SSSR count). The Morgan fingerprint density at radius 3 is 1.72 bits per heavy atom. The van der Waals surface area contributed by atoms with Crippen LogP contribution in [0.25, 0.3) is 0 Å². The predicted molar refractivity (Wildman–Crippen MR) is 54.6 cm³/mol. The van der Waals surface area contributed by atoms with Crippen molar-refractivity contribution in [1.29, 1.82) is 0 Å². The fourth-order valence-electron chi connectivity index (χ4n) is 3.54. The smallest absolute Gasteiger partial charge is 0.317 e. The molecule has 0 aromatic carbocycles. The van der Waals surface area contributed by atoms with E-state index in [1.807, 2.05) is 6.92 Å². The number of hydrogen-bond acceptors (Lipinski definition) is 6.